The summed E-state index contributed by atoms with van der Waals surface area (Å²) in [7, 11) is 0. The zero-order valence-electron chi connectivity index (χ0n) is 12.7. The van der Waals surface area contributed by atoms with E-state index in [1.165, 1.54) is 0 Å². The Hall–Kier alpha value is -0.810. The van der Waals surface area contributed by atoms with Crippen molar-refractivity contribution in [3.05, 3.63) is 0 Å². The van der Waals surface area contributed by atoms with Crippen LogP contribution in [-0.2, 0) is 9.47 Å². The highest BCUT2D eigenvalue weighted by Crippen LogP contribution is 2.10. The molecule has 0 bridgehead atoms. The van der Waals surface area contributed by atoms with Crippen molar-refractivity contribution in [1.82, 2.24) is 10.2 Å². The maximum Gasteiger partial charge on any atom is 0.410 e. The molecule has 1 saturated heterocycles. The molecule has 0 radical (unpaired) electrons. The predicted molar refractivity (Wildman–Crippen MR) is 75.3 cm³/mol. The van der Waals surface area contributed by atoms with Crippen molar-refractivity contribution < 1.29 is 14.3 Å². The zero-order chi connectivity index (χ0) is 14.3. The Labute approximate surface area is 116 Å². The van der Waals surface area contributed by atoms with Gasteiger partial charge in [0.15, 0.2) is 0 Å². The summed E-state index contributed by atoms with van der Waals surface area (Å²) in [6.07, 6.45) is 1.80. The van der Waals surface area contributed by atoms with Crippen LogP contribution in [0.15, 0.2) is 0 Å². The first-order chi connectivity index (χ1) is 8.92. The molecule has 5 nitrogen and oxygen atoms in total. The molecule has 1 amide bonds. The van der Waals surface area contributed by atoms with E-state index in [0.29, 0.717) is 12.6 Å². The highest BCUT2D eigenvalue weighted by atomic mass is 16.6. The van der Waals surface area contributed by atoms with E-state index in [4.69, 9.17) is 9.47 Å². The van der Waals surface area contributed by atoms with Gasteiger partial charge in [-0.15, -0.1) is 0 Å². The van der Waals surface area contributed by atoms with E-state index in [9.17, 15) is 4.79 Å². The third-order valence-corrected chi connectivity index (χ3v) is 3.00. The highest BCUT2D eigenvalue weighted by Gasteiger charge is 2.21. The average molecular weight is 272 g/mol. The van der Waals surface area contributed by atoms with Gasteiger partial charge in [0.25, 0.3) is 0 Å². The van der Waals surface area contributed by atoms with Gasteiger partial charge in [-0.25, -0.2) is 4.79 Å². The van der Waals surface area contributed by atoms with Gasteiger partial charge in [-0.05, 0) is 47.1 Å². The third kappa shape index (κ3) is 6.78. The summed E-state index contributed by atoms with van der Waals surface area (Å²) < 4.78 is 10.7. The van der Waals surface area contributed by atoms with Gasteiger partial charge in [-0.3, -0.25) is 0 Å². The number of nitrogens with one attached hydrogen (secondary N) is 1. The number of ether oxygens (including phenoxy) is 2. The van der Waals surface area contributed by atoms with Crippen LogP contribution in [0.3, 0.4) is 0 Å². The molecule has 112 valence electrons. The Morgan fingerprint density at radius 3 is 2.74 bits per heavy atom. The van der Waals surface area contributed by atoms with Crippen molar-refractivity contribution in [1.29, 1.82) is 0 Å². The summed E-state index contributed by atoms with van der Waals surface area (Å²) in [4.78, 5) is 13.7. The SMILES string of the molecule is CCN(CCCNC1CCOC1)C(=O)OC(C)(C)C. The normalized spacial score (nSPS) is 19.5. The molecule has 1 rings (SSSR count). The van der Waals surface area contributed by atoms with Gasteiger partial charge in [0.2, 0.25) is 0 Å². The molecule has 0 spiro atoms. The number of hydrogen-bond donors (Lipinski definition) is 1. The molecule has 19 heavy (non-hydrogen) atoms. The van der Waals surface area contributed by atoms with E-state index in [1.54, 1.807) is 4.90 Å². The molecule has 0 aliphatic carbocycles. The van der Waals surface area contributed by atoms with E-state index in [0.717, 1.165) is 39.1 Å². The van der Waals surface area contributed by atoms with E-state index in [2.05, 4.69) is 5.32 Å². The summed E-state index contributed by atoms with van der Waals surface area (Å²) in [6.45, 7) is 11.6. The molecule has 1 fully saturated rings. The Morgan fingerprint density at radius 2 is 2.21 bits per heavy atom. The second kappa shape index (κ2) is 7.70. The van der Waals surface area contributed by atoms with Gasteiger partial charge in [0.05, 0.1) is 6.61 Å². The minimum absolute atomic E-state index is 0.223. The maximum absolute atomic E-state index is 11.9. The van der Waals surface area contributed by atoms with Crippen molar-refractivity contribution in [2.45, 2.75) is 52.2 Å². The fourth-order valence-corrected chi connectivity index (χ4v) is 1.98. The maximum atomic E-state index is 11.9. The number of nitrogens with zero attached hydrogens (tertiary/aromatic N) is 1. The Morgan fingerprint density at radius 1 is 1.47 bits per heavy atom. The van der Waals surface area contributed by atoms with E-state index < -0.39 is 5.60 Å². The third-order valence-electron chi connectivity index (χ3n) is 3.00. The van der Waals surface area contributed by atoms with Crippen LogP contribution in [0.5, 0.6) is 0 Å². The molecule has 0 aromatic carbocycles. The molecule has 0 aromatic rings. The quantitative estimate of drug-likeness (QED) is 0.752. The second-order valence-corrected chi connectivity index (χ2v) is 5.93. The van der Waals surface area contributed by atoms with Crippen molar-refractivity contribution in [2.24, 2.45) is 0 Å². The van der Waals surface area contributed by atoms with Crippen molar-refractivity contribution in [3.8, 4) is 0 Å². The molecule has 1 heterocycles. The van der Waals surface area contributed by atoms with Crippen LogP contribution >= 0.6 is 0 Å². The molecule has 1 unspecified atom stereocenters. The molecule has 1 atom stereocenters. The van der Waals surface area contributed by atoms with Crippen LogP contribution in [0.2, 0.25) is 0 Å². The minimum atomic E-state index is -0.427. The summed E-state index contributed by atoms with van der Waals surface area (Å²) in [5.74, 6) is 0. The molecule has 1 aliphatic heterocycles. The van der Waals surface area contributed by atoms with Crippen molar-refractivity contribution >= 4 is 6.09 Å². The zero-order valence-corrected chi connectivity index (χ0v) is 12.7. The lowest BCUT2D eigenvalue weighted by molar-refractivity contribution is 0.0258. The van der Waals surface area contributed by atoms with E-state index in [-0.39, 0.29) is 6.09 Å². The summed E-state index contributed by atoms with van der Waals surface area (Å²) in [5.41, 5.74) is -0.427. The smallest absolute Gasteiger partial charge is 0.410 e. The predicted octanol–water partition coefficient (Wildman–Crippen LogP) is 2.01. The standard InChI is InChI=1S/C14H28N2O3/c1-5-16(13(17)19-14(2,3)4)9-6-8-15-12-7-10-18-11-12/h12,15H,5-11H2,1-4H3. The van der Waals surface area contributed by atoms with Crippen molar-refractivity contribution in [3.63, 3.8) is 0 Å². The van der Waals surface area contributed by atoms with Crippen molar-refractivity contribution in [2.75, 3.05) is 32.8 Å². The molecule has 5 heteroatoms. The monoisotopic (exact) mass is 272 g/mol. The molecular formula is C14H28N2O3. The second-order valence-electron chi connectivity index (χ2n) is 5.93. The minimum Gasteiger partial charge on any atom is -0.444 e. The van der Waals surface area contributed by atoms with Crippen LogP contribution in [0.4, 0.5) is 4.79 Å². The first kappa shape index (κ1) is 16.2. The fourth-order valence-electron chi connectivity index (χ4n) is 1.98. The lowest BCUT2D eigenvalue weighted by Gasteiger charge is -2.26. The molecule has 0 aromatic heterocycles. The van der Waals surface area contributed by atoms with Gasteiger partial charge >= 0.3 is 6.09 Å². The van der Waals surface area contributed by atoms with Crippen LogP contribution in [0, 0.1) is 0 Å². The number of carbonyl (C=O) groups is 1. The van der Waals surface area contributed by atoms with E-state index in [1.807, 2.05) is 27.7 Å². The lowest BCUT2D eigenvalue weighted by Crippen LogP contribution is -2.38. The van der Waals surface area contributed by atoms with Gasteiger partial charge in [0, 0.05) is 25.7 Å². The molecule has 1 aliphatic rings. The van der Waals surface area contributed by atoms with Gasteiger partial charge in [0.1, 0.15) is 5.60 Å². The van der Waals surface area contributed by atoms with Crippen LogP contribution < -0.4 is 5.32 Å². The number of amides is 1. The molecule has 1 N–H and O–H groups in total. The summed E-state index contributed by atoms with van der Waals surface area (Å²) in [5, 5.41) is 3.44. The van der Waals surface area contributed by atoms with Crippen LogP contribution in [0.25, 0.3) is 0 Å². The average Bonchev–Trinajstić information content (AvgIpc) is 2.79. The number of hydrogen-bond acceptors (Lipinski definition) is 4. The summed E-state index contributed by atoms with van der Waals surface area (Å²) in [6, 6.07) is 0.483. The Bertz CT molecular complexity index is 270. The lowest BCUT2D eigenvalue weighted by atomic mass is 10.2. The van der Waals surface area contributed by atoms with Crippen LogP contribution in [-0.4, -0.2) is 55.5 Å². The number of rotatable bonds is 6. The van der Waals surface area contributed by atoms with E-state index >= 15 is 0 Å². The molecular weight excluding hydrogens is 244 g/mol. The van der Waals surface area contributed by atoms with Gasteiger partial charge in [-0.1, -0.05) is 0 Å². The molecule has 0 saturated carbocycles. The first-order valence-corrected chi connectivity index (χ1v) is 7.21. The first-order valence-electron chi connectivity index (χ1n) is 7.21. The highest BCUT2D eigenvalue weighted by molar-refractivity contribution is 5.68. The fraction of sp³-hybridized carbons (Fsp3) is 0.929. The Kier molecular flexibility index (Phi) is 6.58. The van der Waals surface area contributed by atoms with Gasteiger partial charge in [-0.2, -0.15) is 0 Å². The largest absolute Gasteiger partial charge is 0.444 e. The summed E-state index contributed by atoms with van der Waals surface area (Å²) >= 11 is 0. The van der Waals surface area contributed by atoms with Crippen LogP contribution in [0.1, 0.15) is 40.5 Å². The topological polar surface area (TPSA) is 50.8 Å². The van der Waals surface area contributed by atoms with Gasteiger partial charge < -0.3 is 19.7 Å². The number of carbonyl (C=O) groups excluding carboxylic acids is 1. The Balaban J connectivity index is 2.18.